The Morgan fingerprint density at radius 2 is 2.18 bits per heavy atom. The van der Waals surface area contributed by atoms with Crippen LogP contribution in [0.4, 0.5) is 4.39 Å². The molecule has 0 amide bonds. The number of aryl methyl sites for hydroxylation is 1. The molecular formula is C8H9BrFN. The Labute approximate surface area is 73.5 Å². The molecule has 0 saturated heterocycles. The second kappa shape index (κ2) is 3.32. The molecule has 2 N–H and O–H groups in total. The van der Waals surface area contributed by atoms with Gasteiger partial charge in [-0.1, -0.05) is 12.1 Å². The van der Waals surface area contributed by atoms with Crippen LogP contribution in [0.1, 0.15) is 11.1 Å². The van der Waals surface area contributed by atoms with Gasteiger partial charge in [0.15, 0.2) is 0 Å². The van der Waals surface area contributed by atoms with Gasteiger partial charge >= 0.3 is 0 Å². The van der Waals surface area contributed by atoms with Gasteiger partial charge in [0, 0.05) is 6.54 Å². The molecule has 0 heterocycles. The summed E-state index contributed by atoms with van der Waals surface area (Å²) in [5.74, 6) is -0.215. The van der Waals surface area contributed by atoms with E-state index in [0.717, 1.165) is 5.56 Å². The molecular weight excluding hydrogens is 209 g/mol. The summed E-state index contributed by atoms with van der Waals surface area (Å²) >= 11 is 3.14. The van der Waals surface area contributed by atoms with Crippen molar-refractivity contribution in [3.63, 3.8) is 0 Å². The number of benzene rings is 1. The van der Waals surface area contributed by atoms with Gasteiger partial charge in [-0.3, -0.25) is 0 Å². The molecule has 1 aromatic carbocycles. The van der Waals surface area contributed by atoms with Gasteiger partial charge in [0.1, 0.15) is 5.82 Å². The Morgan fingerprint density at radius 3 is 2.73 bits per heavy atom. The monoisotopic (exact) mass is 217 g/mol. The van der Waals surface area contributed by atoms with Crippen molar-refractivity contribution in [2.24, 2.45) is 5.73 Å². The minimum Gasteiger partial charge on any atom is -0.326 e. The molecule has 0 radical (unpaired) electrons. The summed E-state index contributed by atoms with van der Waals surface area (Å²) < 4.78 is 13.6. The Kier molecular flexibility index (Phi) is 2.62. The number of hydrogen-bond acceptors (Lipinski definition) is 1. The van der Waals surface area contributed by atoms with Crippen LogP contribution in [0.2, 0.25) is 0 Å². The van der Waals surface area contributed by atoms with E-state index in [1.807, 2.05) is 6.07 Å². The highest BCUT2D eigenvalue weighted by Gasteiger charge is 2.05. The smallest absolute Gasteiger partial charge is 0.140 e. The predicted molar refractivity (Wildman–Crippen MR) is 46.7 cm³/mol. The zero-order valence-corrected chi connectivity index (χ0v) is 7.78. The predicted octanol–water partition coefficient (Wildman–Crippen LogP) is 2.36. The van der Waals surface area contributed by atoms with Gasteiger partial charge in [-0.2, -0.15) is 0 Å². The molecule has 0 aliphatic carbocycles. The van der Waals surface area contributed by atoms with Crippen molar-refractivity contribution in [3.8, 4) is 0 Å². The van der Waals surface area contributed by atoms with Crippen LogP contribution in [0, 0.1) is 12.7 Å². The molecule has 0 aliphatic heterocycles. The van der Waals surface area contributed by atoms with Gasteiger partial charge in [-0.05, 0) is 34.0 Å². The maximum Gasteiger partial charge on any atom is 0.140 e. The van der Waals surface area contributed by atoms with E-state index in [0.29, 0.717) is 16.6 Å². The summed E-state index contributed by atoms with van der Waals surface area (Å²) in [6, 6.07) is 3.55. The Hall–Kier alpha value is -0.410. The minimum absolute atomic E-state index is 0.215. The van der Waals surface area contributed by atoms with Crippen LogP contribution >= 0.6 is 15.9 Å². The molecule has 11 heavy (non-hydrogen) atoms. The van der Waals surface area contributed by atoms with Crippen LogP contribution in [-0.4, -0.2) is 0 Å². The van der Waals surface area contributed by atoms with Crippen LogP contribution < -0.4 is 5.73 Å². The zero-order chi connectivity index (χ0) is 8.43. The van der Waals surface area contributed by atoms with Crippen molar-refractivity contribution in [3.05, 3.63) is 33.5 Å². The Balaban J connectivity index is 3.25. The topological polar surface area (TPSA) is 26.0 Å². The van der Waals surface area contributed by atoms with E-state index in [9.17, 15) is 4.39 Å². The lowest BCUT2D eigenvalue weighted by molar-refractivity contribution is 0.609. The first kappa shape index (κ1) is 8.68. The van der Waals surface area contributed by atoms with Crippen molar-refractivity contribution in [1.82, 2.24) is 0 Å². The molecule has 0 bridgehead atoms. The second-order valence-corrected chi connectivity index (χ2v) is 3.17. The van der Waals surface area contributed by atoms with Crippen molar-refractivity contribution in [2.45, 2.75) is 13.5 Å². The molecule has 0 aromatic heterocycles. The molecule has 0 unspecified atom stereocenters. The fraction of sp³-hybridized carbons (Fsp3) is 0.250. The van der Waals surface area contributed by atoms with Gasteiger partial charge < -0.3 is 5.73 Å². The third-order valence-electron chi connectivity index (χ3n) is 1.58. The lowest BCUT2D eigenvalue weighted by Gasteiger charge is -2.03. The molecule has 1 rings (SSSR count). The third-order valence-corrected chi connectivity index (χ3v) is 2.43. The average Bonchev–Trinajstić information content (AvgIpc) is 2.01. The lowest BCUT2D eigenvalue weighted by Crippen LogP contribution is -1.99. The second-order valence-electron chi connectivity index (χ2n) is 2.37. The molecule has 0 saturated carbocycles. The van der Waals surface area contributed by atoms with Crippen LogP contribution in [0.25, 0.3) is 0 Å². The lowest BCUT2D eigenvalue weighted by atomic mass is 10.1. The molecule has 60 valence electrons. The molecule has 1 aromatic rings. The van der Waals surface area contributed by atoms with Crippen molar-refractivity contribution >= 4 is 15.9 Å². The average molecular weight is 218 g/mol. The molecule has 0 aliphatic rings. The quantitative estimate of drug-likeness (QED) is 0.769. The van der Waals surface area contributed by atoms with Gasteiger partial charge in [0.05, 0.1) is 4.47 Å². The van der Waals surface area contributed by atoms with Crippen LogP contribution in [0.15, 0.2) is 16.6 Å². The maximum atomic E-state index is 13.1. The van der Waals surface area contributed by atoms with Gasteiger partial charge in [-0.15, -0.1) is 0 Å². The number of hydrogen-bond donors (Lipinski definition) is 1. The van der Waals surface area contributed by atoms with E-state index in [1.165, 1.54) is 0 Å². The first-order valence-electron chi connectivity index (χ1n) is 3.30. The van der Waals surface area contributed by atoms with Crippen LogP contribution in [0.5, 0.6) is 0 Å². The standard InChI is InChI=1S/C8H9BrFN/c1-5-2-3-6(4-11)7(9)8(5)10/h2-3H,4,11H2,1H3. The van der Waals surface area contributed by atoms with Crippen molar-refractivity contribution in [2.75, 3.05) is 0 Å². The van der Waals surface area contributed by atoms with Gasteiger partial charge in [0.2, 0.25) is 0 Å². The molecule has 1 nitrogen and oxygen atoms in total. The number of halogens is 2. The van der Waals surface area contributed by atoms with E-state index in [1.54, 1.807) is 13.0 Å². The maximum absolute atomic E-state index is 13.1. The molecule has 3 heteroatoms. The first-order valence-corrected chi connectivity index (χ1v) is 4.09. The highest BCUT2D eigenvalue weighted by Crippen LogP contribution is 2.22. The highest BCUT2D eigenvalue weighted by molar-refractivity contribution is 9.10. The van der Waals surface area contributed by atoms with Crippen molar-refractivity contribution < 1.29 is 4.39 Å². The highest BCUT2D eigenvalue weighted by atomic mass is 79.9. The summed E-state index contributed by atoms with van der Waals surface area (Å²) in [4.78, 5) is 0. The Morgan fingerprint density at radius 1 is 1.55 bits per heavy atom. The van der Waals surface area contributed by atoms with E-state index in [4.69, 9.17) is 5.73 Å². The van der Waals surface area contributed by atoms with E-state index >= 15 is 0 Å². The van der Waals surface area contributed by atoms with Crippen LogP contribution in [-0.2, 0) is 6.54 Å². The van der Waals surface area contributed by atoms with Gasteiger partial charge in [0.25, 0.3) is 0 Å². The minimum atomic E-state index is -0.215. The fourth-order valence-corrected chi connectivity index (χ4v) is 1.45. The van der Waals surface area contributed by atoms with E-state index in [-0.39, 0.29) is 5.82 Å². The summed E-state index contributed by atoms with van der Waals surface area (Å²) in [6.45, 7) is 2.08. The van der Waals surface area contributed by atoms with E-state index in [2.05, 4.69) is 15.9 Å². The summed E-state index contributed by atoms with van der Waals surface area (Å²) in [7, 11) is 0. The number of nitrogens with two attached hydrogens (primary N) is 1. The summed E-state index contributed by atoms with van der Waals surface area (Å²) in [5.41, 5.74) is 6.81. The molecule has 0 fully saturated rings. The van der Waals surface area contributed by atoms with Crippen LogP contribution in [0.3, 0.4) is 0 Å². The SMILES string of the molecule is Cc1ccc(CN)c(Br)c1F. The van der Waals surface area contributed by atoms with Gasteiger partial charge in [-0.25, -0.2) is 4.39 Å². The Bertz CT molecular complexity index is 273. The largest absolute Gasteiger partial charge is 0.326 e. The number of rotatable bonds is 1. The fourth-order valence-electron chi connectivity index (χ4n) is 0.844. The zero-order valence-electron chi connectivity index (χ0n) is 6.20. The third kappa shape index (κ3) is 1.60. The van der Waals surface area contributed by atoms with Crippen molar-refractivity contribution in [1.29, 1.82) is 0 Å². The molecule has 0 spiro atoms. The normalized spacial score (nSPS) is 10.2. The summed E-state index contributed by atoms with van der Waals surface area (Å²) in [5, 5.41) is 0. The van der Waals surface area contributed by atoms with E-state index < -0.39 is 0 Å². The first-order chi connectivity index (χ1) is 5.16. The summed E-state index contributed by atoms with van der Waals surface area (Å²) in [6.07, 6.45) is 0. The molecule has 0 atom stereocenters.